The van der Waals surface area contributed by atoms with Gasteiger partial charge in [-0.05, 0) is 29.7 Å². The predicted octanol–water partition coefficient (Wildman–Crippen LogP) is 5.82. The Hall–Kier alpha value is -1.91. The zero-order chi connectivity index (χ0) is 17.3. The highest BCUT2D eigenvalue weighted by Crippen LogP contribution is 2.36. The van der Waals surface area contributed by atoms with Crippen LogP contribution in [-0.4, -0.2) is 5.91 Å². The molecule has 0 fully saturated rings. The molecule has 0 saturated heterocycles. The third kappa shape index (κ3) is 3.30. The van der Waals surface area contributed by atoms with Crippen molar-refractivity contribution in [1.82, 2.24) is 5.32 Å². The number of fused-ring (bicyclic) bond motifs is 1. The second kappa shape index (κ2) is 6.91. The lowest BCUT2D eigenvalue weighted by Gasteiger charge is -2.22. The topological polar surface area (TPSA) is 29.1 Å². The van der Waals surface area contributed by atoms with E-state index in [1.165, 1.54) is 23.5 Å². The standard InChI is InChI=1S/C19H17ClFNOS/c1-11(2)17(12-6-4-3-5-7-12)22-19(23)18-16(20)14-9-8-13(21)10-15(14)24-18/h3-11,17H,1-2H3,(H,22,23). The molecule has 124 valence electrons. The molecular weight excluding hydrogens is 345 g/mol. The van der Waals surface area contributed by atoms with E-state index in [1.807, 2.05) is 30.3 Å². The van der Waals surface area contributed by atoms with Gasteiger partial charge in [-0.1, -0.05) is 55.8 Å². The molecule has 0 radical (unpaired) electrons. The second-order valence-electron chi connectivity index (χ2n) is 5.99. The van der Waals surface area contributed by atoms with Crippen molar-refractivity contribution < 1.29 is 9.18 Å². The van der Waals surface area contributed by atoms with Gasteiger partial charge in [0.2, 0.25) is 0 Å². The summed E-state index contributed by atoms with van der Waals surface area (Å²) in [5, 5.41) is 4.14. The highest BCUT2D eigenvalue weighted by atomic mass is 35.5. The van der Waals surface area contributed by atoms with Gasteiger partial charge in [-0.2, -0.15) is 0 Å². The molecule has 5 heteroatoms. The van der Waals surface area contributed by atoms with Crippen molar-refractivity contribution in [3.05, 3.63) is 69.8 Å². The van der Waals surface area contributed by atoms with Crippen molar-refractivity contribution in [2.75, 3.05) is 0 Å². The van der Waals surface area contributed by atoms with Crippen LogP contribution in [-0.2, 0) is 0 Å². The number of amides is 1. The Kier molecular flexibility index (Phi) is 4.88. The predicted molar refractivity (Wildman–Crippen MR) is 98.3 cm³/mol. The lowest BCUT2D eigenvalue weighted by Crippen LogP contribution is -2.31. The fourth-order valence-electron chi connectivity index (χ4n) is 2.69. The van der Waals surface area contributed by atoms with E-state index >= 15 is 0 Å². The summed E-state index contributed by atoms with van der Waals surface area (Å²) < 4.78 is 14.1. The van der Waals surface area contributed by atoms with Crippen molar-refractivity contribution in [2.45, 2.75) is 19.9 Å². The minimum Gasteiger partial charge on any atom is -0.344 e. The van der Waals surface area contributed by atoms with Crippen LogP contribution in [0.25, 0.3) is 10.1 Å². The Morgan fingerprint density at radius 3 is 2.54 bits per heavy atom. The van der Waals surface area contributed by atoms with Gasteiger partial charge in [-0.3, -0.25) is 4.79 Å². The van der Waals surface area contributed by atoms with Gasteiger partial charge in [0.05, 0.1) is 11.1 Å². The van der Waals surface area contributed by atoms with Crippen molar-refractivity contribution in [3.63, 3.8) is 0 Å². The SMILES string of the molecule is CC(C)C(NC(=O)c1sc2cc(F)ccc2c1Cl)c1ccccc1. The molecule has 1 N–H and O–H groups in total. The van der Waals surface area contributed by atoms with Crippen molar-refractivity contribution in [3.8, 4) is 0 Å². The molecule has 0 aliphatic rings. The van der Waals surface area contributed by atoms with E-state index in [1.54, 1.807) is 6.07 Å². The quantitative estimate of drug-likeness (QED) is 0.623. The van der Waals surface area contributed by atoms with Crippen LogP contribution in [0.5, 0.6) is 0 Å². The lowest BCUT2D eigenvalue weighted by molar-refractivity contribution is 0.0930. The Balaban J connectivity index is 1.92. The van der Waals surface area contributed by atoms with Crippen molar-refractivity contribution >= 4 is 38.9 Å². The summed E-state index contributed by atoms with van der Waals surface area (Å²) in [6, 6.07) is 14.1. The fraction of sp³-hybridized carbons (Fsp3) is 0.211. The van der Waals surface area contributed by atoms with Crippen LogP contribution in [0.15, 0.2) is 48.5 Å². The van der Waals surface area contributed by atoms with Crippen LogP contribution in [0, 0.1) is 11.7 Å². The molecule has 0 aliphatic carbocycles. The molecule has 2 aromatic carbocycles. The summed E-state index contributed by atoms with van der Waals surface area (Å²) in [6.07, 6.45) is 0. The highest BCUT2D eigenvalue weighted by Gasteiger charge is 2.23. The van der Waals surface area contributed by atoms with Gasteiger partial charge in [0.15, 0.2) is 0 Å². The summed E-state index contributed by atoms with van der Waals surface area (Å²) in [7, 11) is 0. The van der Waals surface area contributed by atoms with Crippen molar-refractivity contribution in [1.29, 1.82) is 0 Å². The average Bonchev–Trinajstić information content (AvgIpc) is 2.89. The molecule has 2 nitrogen and oxygen atoms in total. The summed E-state index contributed by atoms with van der Waals surface area (Å²) >= 11 is 7.55. The summed E-state index contributed by atoms with van der Waals surface area (Å²) in [4.78, 5) is 13.1. The molecule has 1 aromatic heterocycles. The Labute approximate surface area is 149 Å². The van der Waals surface area contributed by atoms with E-state index in [-0.39, 0.29) is 23.7 Å². The summed E-state index contributed by atoms with van der Waals surface area (Å²) in [6.45, 7) is 4.11. The number of rotatable bonds is 4. The zero-order valence-electron chi connectivity index (χ0n) is 13.3. The average molecular weight is 362 g/mol. The van der Waals surface area contributed by atoms with E-state index < -0.39 is 0 Å². The molecule has 1 atom stereocenters. The normalized spacial score (nSPS) is 12.5. The second-order valence-corrected chi connectivity index (χ2v) is 7.42. The molecule has 3 rings (SSSR count). The van der Waals surface area contributed by atoms with Crippen LogP contribution in [0.2, 0.25) is 5.02 Å². The van der Waals surface area contributed by atoms with Crippen LogP contribution >= 0.6 is 22.9 Å². The fourth-order valence-corrected chi connectivity index (χ4v) is 4.13. The molecule has 1 amide bonds. The van der Waals surface area contributed by atoms with Gasteiger partial charge < -0.3 is 5.32 Å². The van der Waals surface area contributed by atoms with E-state index in [4.69, 9.17) is 11.6 Å². The Bertz CT molecular complexity index is 876. The van der Waals surface area contributed by atoms with Gasteiger partial charge in [-0.25, -0.2) is 4.39 Å². The van der Waals surface area contributed by atoms with Crippen LogP contribution in [0.4, 0.5) is 4.39 Å². The lowest BCUT2D eigenvalue weighted by atomic mass is 9.96. The van der Waals surface area contributed by atoms with Crippen LogP contribution in [0.1, 0.15) is 35.1 Å². The highest BCUT2D eigenvalue weighted by molar-refractivity contribution is 7.21. The molecule has 1 heterocycles. The van der Waals surface area contributed by atoms with Gasteiger partial charge in [0.25, 0.3) is 5.91 Å². The number of thiophene rings is 1. The largest absolute Gasteiger partial charge is 0.344 e. The number of nitrogens with one attached hydrogen (secondary N) is 1. The molecule has 0 bridgehead atoms. The monoisotopic (exact) mass is 361 g/mol. The Morgan fingerprint density at radius 1 is 1.17 bits per heavy atom. The number of halogens is 2. The van der Waals surface area contributed by atoms with Gasteiger partial charge in [0, 0.05) is 10.1 Å². The third-order valence-electron chi connectivity index (χ3n) is 3.91. The number of benzene rings is 2. The Morgan fingerprint density at radius 2 is 1.88 bits per heavy atom. The van der Waals surface area contributed by atoms with Crippen LogP contribution in [0.3, 0.4) is 0 Å². The maximum atomic E-state index is 13.4. The molecule has 0 aliphatic heterocycles. The van der Waals surface area contributed by atoms with E-state index in [0.717, 1.165) is 5.56 Å². The van der Waals surface area contributed by atoms with Crippen molar-refractivity contribution in [2.24, 2.45) is 5.92 Å². The maximum Gasteiger partial charge on any atom is 0.263 e. The van der Waals surface area contributed by atoms with Gasteiger partial charge in [-0.15, -0.1) is 11.3 Å². The van der Waals surface area contributed by atoms with Gasteiger partial charge in [0.1, 0.15) is 10.7 Å². The first-order chi connectivity index (χ1) is 11.5. The first-order valence-electron chi connectivity index (χ1n) is 7.70. The minimum absolute atomic E-state index is 0.114. The summed E-state index contributed by atoms with van der Waals surface area (Å²) in [5.74, 6) is -0.345. The number of carbonyl (C=O) groups is 1. The smallest absolute Gasteiger partial charge is 0.263 e. The molecule has 0 spiro atoms. The molecule has 0 saturated carbocycles. The number of carbonyl (C=O) groups excluding carboxylic acids is 1. The molecule has 3 aromatic rings. The maximum absolute atomic E-state index is 13.4. The molecular formula is C19H17ClFNOS. The first-order valence-corrected chi connectivity index (χ1v) is 8.90. The van der Waals surface area contributed by atoms with E-state index in [0.29, 0.717) is 20.0 Å². The third-order valence-corrected chi connectivity index (χ3v) is 5.57. The minimum atomic E-state index is -0.336. The van der Waals surface area contributed by atoms with Crippen LogP contribution < -0.4 is 5.32 Å². The molecule has 24 heavy (non-hydrogen) atoms. The number of hydrogen-bond donors (Lipinski definition) is 1. The number of hydrogen-bond acceptors (Lipinski definition) is 2. The van der Waals surface area contributed by atoms with E-state index in [2.05, 4.69) is 19.2 Å². The summed E-state index contributed by atoms with van der Waals surface area (Å²) in [5.41, 5.74) is 1.05. The zero-order valence-corrected chi connectivity index (χ0v) is 14.9. The van der Waals surface area contributed by atoms with E-state index in [9.17, 15) is 9.18 Å². The first kappa shape index (κ1) is 16.9. The van der Waals surface area contributed by atoms with Gasteiger partial charge >= 0.3 is 0 Å². The molecule has 1 unspecified atom stereocenters.